The number of rotatable bonds is 6. The van der Waals surface area contributed by atoms with E-state index >= 15 is 0 Å². The van der Waals surface area contributed by atoms with E-state index in [1.54, 1.807) is 18.2 Å². The topological polar surface area (TPSA) is 92.8 Å². The molecule has 1 heterocycles. The predicted molar refractivity (Wildman–Crippen MR) is 94.8 cm³/mol. The molecule has 0 aromatic heterocycles. The van der Waals surface area contributed by atoms with Crippen LogP contribution in [0.3, 0.4) is 0 Å². The van der Waals surface area contributed by atoms with Crippen LogP contribution < -0.4 is 9.50 Å². The smallest absolute Gasteiger partial charge is 0.325 e. The van der Waals surface area contributed by atoms with Gasteiger partial charge >= 0.3 is 16.1 Å². The molecule has 10 heteroatoms. The van der Waals surface area contributed by atoms with E-state index in [0.29, 0.717) is 4.90 Å². The summed E-state index contributed by atoms with van der Waals surface area (Å²) in [6, 6.07) is 9.36. The van der Waals surface area contributed by atoms with Crippen molar-refractivity contribution >= 4 is 22.1 Å². The molecule has 2 aromatic rings. The fourth-order valence-electron chi connectivity index (χ4n) is 2.83. The Morgan fingerprint density at radius 1 is 1.11 bits per heavy atom. The van der Waals surface area contributed by atoms with Crippen molar-refractivity contribution in [2.24, 2.45) is 0 Å². The van der Waals surface area contributed by atoms with Crippen molar-refractivity contribution in [3.8, 4) is 5.75 Å². The lowest BCUT2D eigenvalue weighted by atomic mass is 9.91. The molecule has 7 nitrogen and oxygen atoms in total. The third kappa shape index (κ3) is 3.81. The summed E-state index contributed by atoms with van der Waals surface area (Å²) in [6.45, 7) is 0.715. The summed E-state index contributed by atoms with van der Waals surface area (Å²) in [5, 5.41) is 2.30. The van der Waals surface area contributed by atoms with E-state index in [0.717, 1.165) is 18.2 Å². The molecule has 0 radical (unpaired) electrons. The SMILES string of the molecule is C[C@]1(c2cc(F)ccc2F)NC(=O)N(CCS(=O)(=O)Oc2ccccc2)C1=O. The monoisotopic (exact) mass is 410 g/mol. The fourth-order valence-corrected chi connectivity index (χ4v) is 3.72. The Morgan fingerprint density at radius 3 is 2.46 bits per heavy atom. The van der Waals surface area contributed by atoms with Crippen LogP contribution in [0.4, 0.5) is 13.6 Å². The average molecular weight is 410 g/mol. The first-order valence-corrected chi connectivity index (χ1v) is 9.77. The molecule has 0 aliphatic carbocycles. The molecular formula is C18H16F2N2O5S. The molecule has 1 saturated heterocycles. The zero-order valence-electron chi connectivity index (χ0n) is 14.7. The number of imide groups is 1. The van der Waals surface area contributed by atoms with E-state index in [1.165, 1.54) is 19.1 Å². The van der Waals surface area contributed by atoms with E-state index in [4.69, 9.17) is 4.18 Å². The molecule has 0 bridgehead atoms. The quantitative estimate of drug-likeness (QED) is 0.582. The lowest BCUT2D eigenvalue weighted by Gasteiger charge is -2.22. The number of urea groups is 1. The highest BCUT2D eigenvalue weighted by Crippen LogP contribution is 2.31. The van der Waals surface area contributed by atoms with Gasteiger partial charge in [-0.15, -0.1) is 0 Å². The van der Waals surface area contributed by atoms with Crippen LogP contribution >= 0.6 is 0 Å². The molecule has 2 aromatic carbocycles. The maximum atomic E-state index is 14.1. The number of nitrogens with one attached hydrogen (secondary N) is 1. The minimum Gasteiger partial charge on any atom is -0.382 e. The molecule has 3 rings (SSSR count). The van der Waals surface area contributed by atoms with Gasteiger partial charge in [0.05, 0.1) is 0 Å². The molecule has 3 amide bonds. The Kier molecular flexibility index (Phi) is 5.07. The van der Waals surface area contributed by atoms with Crippen molar-refractivity contribution < 1.29 is 31.0 Å². The minimum absolute atomic E-state index is 0.0892. The van der Waals surface area contributed by atoms with Gasteiger partial charge in [0.25, 0.3) is 5.91 Å². The first kappa shape index (κ1) is 19.7. The number of carbonyl (C=O) groups excluding carboxylic acids is 2. The predicted octanol–water partition coefficient (Wildman–Crippen LogP) is 2.14. The third-order valence-corrected chi connectivity index (χ3v) is 5.40. The summed E-state index contributed by atoms with van der Waals surface area (Å²) in [5.41, 5.74) is -2.20. The number of nitrogens with zero attached hydrogens (tertiary/aromatic N) is 1. The Hall–Kier alpha value is -3.01. The molecule has 0 unspecified atom stereocenters. The molecule has 1 aliphatic heterocycles. The lowest BCUT2D eigenvalue weighted by molar-refractivity contribution is -0.131. The van der Waals surface area contributed by atoms with Crippen molar-refractivity contribution in [3.63, 3.8) is 0 Å². The first-order chi connectivity index (χ1) is 13.1. The molecular weight excluding hydrogens is 394 g/mol. The molecule has 1 fully saturated rings. The Labute approximate surface area is 160 Å². The van der Waals surface area contributed by atoms with Gasteiger partial charge in [-0.1, -0.05) is 18.2 Å². The fraction of sp³-hybridized carbons (Fsp3) is 0.222. The second-order valence-corrected chi connectivity index (χ2v) is 7.98. The summed E-state index contributed by atoms with van der Waals surface area (Å²) < 4.78 is 56.7. The zero-order chi connectivity index (χ0) is 20.5. The van der Waals surface area contributed by atoms with Crippen LogP contribution in [0.1, 0.15) is 12.5 Å². The number of amides is 3. The van der Waals surface area contributed by atoms with Crippen molar-refractivity contribution in [3.05, 3.63) is 65.7 Å². The Morgan fingerprint density at radius 2 is 1.79 bits per heavy atom. The van der Waals surface area contributed by atoms with E-state index in [2.05, 4.69) is 5.32 Å². The lowest BCUT2D eigenvalue weighted by Crippen LogP contribution is -2.42. The number of hydrogen-bond acceptors (Lipinski definition) is 5. The second-order valence-electron chi connectivity index (χ2n) is 6.29. The number of benzene rings is 2. The molecule has 1 N–H and O–H groups in total. The van der Waals surface area contributed by atoms with Gasteiger partial charge in [0.1, 0.15) is 28.7 Å². The molecule has 0 spiro atoms. The van der Waals surface area contributed by atoms with Gasteiger partial charge < -0.3 is 9.50 Å². The van der Waals surface area contributed by atoms with Gasteiger partial charge in [-0.05, 0) is 37.3 Å². The van der Waals surface area contributed by atoms with E-state index in [-0.39, 0.29) is 11.3 Å². The van der Waals surface area contributed by atoms with Crippen LogP contribution in [0.25, 0.3) is 0 Å². The Balaban J connectivity index is 1.76. The standard InChI is InChI=1S/C18H16F2N2O5S/c1-18(14-11-12(19)7-8-15(14)20)16(23)22(17(24)21-18)9-10-28(25,26)27-13-5-3-2-4-6-13/h2-8,11H,9-10H2,1H3,(H,21,24)/t18-/m1/s1. The third-order valence-electron chi connectivity index (χ3n) is 4.27. The molecule has 28 heavy (non-hydrogen) atoms. The summed E-state index contributed by atoms with van der Waals surface area (Å²) in [6.07, 6.45) is 0. The van der Waals surface area contributed by atoms with Crippen LogP contribution in [0.15, 0.2) is 48.5 Å². The van der Waals surface area contributed by atoms with Crippen LogP contribution in [-0.4, -0.2) is 37.6 Å². The minimum atomic E-state index is -4.09. The number of halogens is 2. The van der Waals surface area contributed by atoms with Crippen LogP contribution in [0, 0.1) is 11.6 Å². The van der Waals surface area contributed by atoms with E-state index in [1.807, 2.05) is 0 Å². The van der Waals surface area contributed by atoms with Crippen molar-refractivity contribution in [1.29, 1.82) is 0 Å². The second kappa shape index (κ2) is 7.19. The number of hydrogen-bond donors (Lipinski definition) is 1. The zero-order valence-corrected chi connectivity index (χ0v) is 15.5. The maximum absolute atomic E-state index is 14.1. The van der Waals surface area contributed by atoms with E-state index < -0.39 is 51.5 Å². The van der Waals surface area contributed by atoms with Gasteiger partial charge in [-0.25, -0.2) is 13.6 Å². The van der Waals surface area contributed by atoms with Gasteiger partial charge in [0.2, 0.25) is 0 Å². The van der Waals surface area contributed by atoms with Gasteiger partial charge in [-0.3, -0.25) is 9.69 Å². The molecule has 1 aliphatic rings. The largest absolute Gasteiger partial charge is 0.382 e. The molecule has 148 valence electrons. The normalized spacial score (nSPS) is 19.6. The van der Waals surface area contributed by atoms with Crippen molar-refractivity contribution in [1.82, 2.24) is 10.2 Å². The number of carbonyl (C=O) groups is 2. The van der Waals surface area contributed by atoms with Gasteiger partial charge in [0, 0.05) is 12.1 Å². The van der Waals surface area contributed by atoms with Crippen LogP contribution in [-0.2, 0) is 20.5 Å². The summed E-state index contributed by atoms with van der Waals surface area (Å²) in [7, 11) is -4.09. The highest BCUT2D eigenvalue weighted by molar-refractivity contribution is 7.87. The van der Waals surface area contributed by atoms with Crippen molar-refractivity contribution in [2.75, 3.05) is 12.3 Å². The average Bonchev–Trinajstić information content (AvgIpc) is 2.85. The molecule has 1 atom stereocenters. The van der Waals surface area contributed by atoms with Crippen LogP contribution in [0.2, 0.25) is 0 Å². The van der Waals surface area contributed by atoms with Crippen LogP contribution in [0.5, 0.6) is 5.75 Å². The summed E-state index contributed by atoms with van der Waals surface area (Å²) in [4.78, 5) is 25.5. The highest BCUT2D eigenvalue weighted by Gasteiger charge is 2.50. The maximum Gasteiger partial charge on any atom is 0.325 e. The highest BCUT2D eigenvalue weighted by atomic mass is 32.2. The van der Waals surface area contributed by atoms with E-state index in [9.17, 15) is 26.8 Å². The van der Waals surface area contributed by atoms with Crippen molar-refractivity contribution in [2.45, 2.75) is 12.5 Å². The summed E-state index contributed by atoms with van der Waals surface area (Å²) >= 11 is 0. The number of para-hydroxylation sites is 1. The Bertz CT molecular complexity index is 1030. The first-order valence-electron chi connectivity index (χ1n) is 8.19. The van der Waals surface area contributed by atoms with Gasteiger partial charge in [-0.2, -0.15) is 8.42 Å². The molecule has 0 saturated carbocycles. The summed E-state index contributed by atoms with van der Waals surface area (Å²) in [5.74, 6) is -3.12. The van der Waals surface area contributed by atoms with Gasteiger partial charge in [0.15, 0.2) is 0 Å².